The highest BCUT2D eigenvalue weighted by Gasteiger charge is 2.30. The van der Waals surface area contributed by atoms with E-state index < -0.39 is 0 Å². The van der Waals surface area contributed by atoms with Crippen molar-refractivity contribution >= 4 is 41.7 Å². The molecule has 0 aromatic heterocycles. The molecule has 2 bridgehead atoms. The Kier molecular flexibility index (Phi) is 12.4. The lowest BCUT2D eigenvalue weighted by Crippen LogP contribution is -2.20. The molecule has 3 aromatic carbocycles. The summed E-state index contributed by atoms with van der Waals surface area (Å²) >= 11 is 6.55. The topological polar surface area (TPSA) is 49.9 Å². The van der Waals surface area contributed by atoms with Gasteiger partial charge in [-0.25, -0.2) is 0 Å². The molecule has 40 heavy (non-hydrogen) atoms. The number of rotatable bonds is 8. The van der Waals surface area contributed by atoms with Gasteiger partial charge in [-0.1, -0.05) is 79.8 Å². The molecule has 2 saturated carbocycles. The van der Waals surface area contributed by atoms with Crippen LogP contribution in [0.25, 0.3) is 17.2 Å². The first-order valence-electron chi connectivity index (χ1n) is 13.8. The number of ether oxygens (including phenoxy) is 1. The molecular formula is C34H41ClN2O3. The molecule has 0 spiro atoms. The van der Waals surface area contributed by atoms with E-state index in [1.54, 1.807) is 57.3 Å². The van der Waals surface area contributed by atoms with Gasteiger partial charge in [-0.3, -0.25) is 9.59 Å². The van der Waals surface area contributed by atoms with Crippen molar-refractivity contribution in [1.29, 1.82) is 0 Å². The van der Waals surface area contributed by atoms with Gasteiger partial charge >= 0.3 is 0 Å². The summed E-state index contributed by atoms with van der Waals surface area (Å²) in [7, 11) is 7.27. The third-order valence-electron chi connectivity index (χ3n) is 7.44. The van der Waals surface area contributed by atoms with E-state index in [0.29, 0.717) is 11.6 Å². The molecule has 2 fully saturated rings. The molecule has 0 saturated heterocycles. The minimum atomic E-state index is 0.350. The number of halogens is 1. The van der Waals surface area contributed by atoms with Crippen LogP contribution in [0.5, 0.6) is 0 Å². The van der Waals surface area contributed by atoms with Crippen molar-refractivity contribution in [3.8, 4) is 11.1 Å². The summed E-state index contributed by atoms with van der Waals surface area (Å²) < 4.78 is 4.25. The zero-order valence-electron chi connectivity index (χ0n) is 24.1. The zero-order chi connectivity index (χ0) is 28.9. The normalized spacial score (nSPS) is 16.9. The minimum absolute atomic E-state index is 0.350. The van der Waals surface area contributed by atoms with E-state index in [1.165, 1.54) is 17.9 Å². The molecule has 5 nitrogen and oxygen atoms in total. The van der Waals surface area contributed by atoms with Crippen LogP contribution in [-0.2, 0) is 20.9 Å². The van der Waals surface area contributed by atoms with Crippen molar-refractivity contribution in [2.45, 2.75) is 38.6 Å². The first kappa shape index (κ1) is 31.1. The van der Waals surface area contributed by atoms with Crippen LogP contribution in [0.15, 0.2) is 72.8 Å². The predicted molar refractivity (Wildman–Crippen MR) is 168 cm³/mol. The average molecular weight is 561 g/mol. The smallest absolute Gasteiger partial charge is 0.214 e. The molecule has 0 atom stereocenters. The lowest BCUT2D eigenvalue weighted by molar-refractivity contribution is -0.107. The summed E-state index contributed by atoms with van der Waals surface area (Å²) in [6.07, 6.45) is 12.4. The van der Waals surface area contributed by atoms with E-state index in [2.05, 4.69) is 33.9 Å². The van der Waals surface area contributed by atoms with Gasteiger partial charge in [0.15, 0.2) is 0 Å². The highest BCUT2D eigenvalue weighted by molar-refractivity contribution is 6.31. The van der Waals surface area contributed by atoms with Crippen LogP contribution in [0, 0.1) is 11.8 Å². The van der Waals surface area contributed by atoms with Gasteiger partial charge in [0, 0.05) is 44.7 Å². The van der Waals surface area contributed by atoms with E-state index in [0.717, 1.165) is 46.3 Å². The zero-order valence-corrected chi connectivity index (χ0v) is 24.8. The number of allylic oxidation sites excluding steroid dienone is 1. The number of carbonyl (C=O) groups excluding carboxylic acids is 2. The second-order valence-corrected chi connectivity index (χ2v) is 11.0. The van der Waals surface area contributed by atoms with E-state index in [4.69, 9.17) is 11.6 Å². The van der Waals surface area contributed by atoms with Crippen molar-refractivity contribution in [2.24, 2.45) is 11.8 Å². The SMILES string of the molecule is C1CC2CCC1C2.CN(C)c1ccc(-c2ccc(CN(C=O)c3cccc(/C=C/C=O)c3)c(Cl)c2)cc1.COC. The van der Waals surface area contributed by atoms with Gasteiger partial charge in [-0.15, -0.1) is 0 Å². The number of methoxy groups -OCH3 is 1. The second kappa shape index (κ2) is 16.0. The number of fused-ring (bicyclic) bond motifs is 2. The van der Waals surface area contributed by atoms with Crippen molar-refractivity contribution in [1.82, 2.24) is 0 Å². The quantitative estimate of drug-likeness (QED) is 0.207. The van der Waals surface area contributed by atoms with Crippen molar-refractivity contribution in [3.63, 3.8) is 0 Å². The number of nitrogens with zero attached hydrogens (tertiary/aromatic N) is 2. The summed E-state index contributed by atoms with van der Waals surface area (Å²) in [5.74, 6) is 2.34. The Bertz CT molecular complexity index is 1240. The fourth-order valence-electron chi connectivity index (χ4n) is 5.31. The predicted octanol–water partition coefficient (Wildman–Crippen LogP) is 7.91. The Morgan fingerprint density at radius 2 is 1.48 bits per heavy atom. The lowest BCUT2D eigenvalue weighted by atomic mass is 10.0. The summed E-state index contributed by atoms with van der Waals surface area (Å²) in [4.78, 5) is 25.9. The molecule has 0 unspecified atom stereocenters. The average Bonchev–Trinajstić information content (AvgIpc) is 3.63. The third kappa shape index (κ3) is 9.07. The number of anilines is 2. The Morgan fingerprint density at radius 1 is 0.850 bits per heavy atom. The Hall–Kier alpha value is -3.41. The number of benzene rings is 3. The first-order chi connectivity index (χ1) is 19.4. The maximum absolute atomic E-state index is 11.7. The van der Waals surface area contributed by atoms with E-state index in [9.17, 15) is 9.59 Å². The molecule has 0 heterocycles. The van der Waals surface area contributed by atoms with Crippen LogP contribution in [-0.4, -0.2) is 41.0 Å². The molecule has 212 valence electrons. The van der Waals surface area contributed by atoms with Crippen LogP contribution >= 0.6 is 11.6 Å². The fourth-order valence-corrected chi connectivity index (χ4v) is 5.55. The molecule has 0 radical (unpaired) electrons. The number of hydrogen-bond acceptors (Lipinski definition) is 4. The number of carbonyl (C=O) groups is 2. The van der Waals surface area contributed by atoms with E-state index in [-0.39, 0.29) is 0 Å². The molecule has 0 aliphatic heterocycles. The Balaban J connectivity index is 0.000000367. The summed E-state index contributed by atoms with van der Waals surface area (Å²) in [6, 6.07) is 21.6. The lowest BCUT2D eigenvalue weighted by Gasteiger charge is -2.19. The molecule has 6 heteroatoms. The molecule has 0 N–H and O–H groups in total. The van der Waals surface area contributed by atoms with Crippen LogP contribution in [0.3, 0.4) is 0 Å². The summed E-state index contributed by atoms with van der Waals surface area (Å²) in [5.41, 5.74) is 5.66. The number of amides is 1. The number of aldehydes is 1. The van der Waals surface area contributed by atoms with Crippen molar-refractivity contribution in [2.75, 3.05) is 38.1 Å². The largest absolute Gasteiger partial charge is 0.388 e. The van der Waals surface area contributed by atoms with E-state index >= 15 is 0 Å². The highest BCUT2D eigenvalue weighted by Crippen LogP contribution is 2.43. The molecule has 2 aliphatic carbocycles. The van der Waals surface area contributed by atoms with Crippen molar-refractivity contribution in [3.05, 3.63) is 89.0 Å². The van der Waals surface area contributed by atoms with Gasteiger partial charge in [0.1, 0.15) is 6.29 Å². The van der Waals surface area contributed by atoms with Crippen LogP contribution in [0.2, 0.25) is 5.02 Å². The summed E-state index contributed by atoms with van der Waals surface area (Å²) in [6.45, 7) is 0.350. The molecule has 5 rings (SSSR count). The van der Waals surface area contributed by atoms with Gasteiger partial charge in [0.25, 0.3) is 0 Å². The summed E-state index contributed by atoms with van der Waals surface area (Å²) in [5, 5.41) is 0.605. The van der Waals surface area contributed by atoms with Gasteiger partial charge < -0.3 is 14.5 Å². The van der Waals surface area contributed by atoms with E-state index in [1.807, 2.05) is 56.6 Å². The van der Waals surface area contributed by atoms with Gasteiger partial charge in [0.2, 0.25) is 6.41 Å². The maximum Gasteiger partial charge on any atom is 0.214 e. The van der Waals surface area contributed by atoms with Gasteiger partial charge in [-0.2, -0.15) is 0 Å². The highest BCUT2D eigenvalue weighted by atomic mass is 35.5. The Labute approximate surface area is 244 Å². The third-order valence-corrected chi connectivity index (χ3v) is 7.79. The standard InChI is InChI=1S/C25H23ClN2O2.C7H12.C2H6O/c1-27(2)23-12-10-20(11-13-23)21-8-9-22(25(26)16-21)17-28(18-30)24-7-3-5-19(15-24)6-4-14-29;1-2-7-4-3-6(1)5-7;1-3-2/h3-16,18H,17H2,1-2H3;6-7H,1-5H2;1-2H3/b6-4+;;. The minimum Gasteiger partial charge on any atom is -0.388 e. The number of hydrogen-bond donors (Lipinski definition) is 0. The Morgan fingerprint density at radius 3 is 1.98 bits per heavy atom. The maximum atomic E-state index is 11.7. The van der Waals surface area contributed by atoms with Gasteiger partial charge in [0.05, 0.1) is 6.54 Å². The first-order valence-corrected chi connectivity index (χ1v) is 14.2. The molecule has 3 aromatic rings. The monoisotopic (exact) mass is 560 g/mol. The molecular weight excluding hydrogens is 520 g/mol. The molecule has 1 amide bonds. The van der Waals surface area contributed by atoms with Crippen molar-refractivity contribution < 1.29 is 14.3 Å². The van der Waals surface area contributed by atoms with Crippen LogP contribution < -0.4 is 9.80 Å². The molecule has 2 aliphatic rings. The fraction of sp³-hybridized carbons (Fsp3) is 0.353. The van der Waals surface area contributed by atoms with Crippen LogP contribution in [0.4, 0.5) is 11.4 Å². The second-order valence-electron chi connectivity index (χ2n) is 10.6. The van der Waals surface area contributed by atoms with Gasteiger partial charge in [-0.05, 0) is 76.9 Å². The van der Waals surface area contributed by atoms with Crippen LogP contribution in [0.1, 0.15) is 43.2 Å².